The van der Waals surface area contributed by atoms with E-state index in [0.717, 1.165) is 38.5 Å². The summed E-state index contributed by atoms with van der Waals surface area (Å²) in [5.74, 6) is -0.133. The molecule has 0 saturated carbocycles. The van der Waals surface area contributed by atoms with Crippen molar-refractivity contribution in [2.24, 2.45) is 0 Å². The van der Waals surface area contributed by atoms with Crippen LogP contribution >= 0.6 is 0 Å². The Morgan fingerprint density at radius 2 is 0.641 bits per heavy atom. The summed E-state index contributed by atoms with van der Waals surface area (Å²) in [5, 5.41) is 54.9. The number of aliphatic hydroxyl groups excluding tert-OH is 5. The van der Waals surface area contributed by atoms with Gasteiger partial charge in [-0.1, -0.05) is 361 Å². The zero-order valence-corrected chi connectivity index (χ0v) is 52.2. The molecule has 0 radical (unpaired) electrons. The first-order valence-corrected chi connectivity index (χ1v) is 35.2. The number of hydrogen-bond donors (Lipinski definition) is 6. The van der Waals surface area contributed by atoms with Crippen LogP contribution in [0.15, 0.2) is 0 Å². The van der Waals surface area contributed by atoms with Crippen LogP contribution < -0.4 is 5.32 Å². The van der Waals surface area contributed by atoms with Crippen molar-refractivity contribution >= 4 is 5.91 Å². The highest BCUT2D eigenvalue weighted by Crippen LogP contribution is 2.24. The average molecular weight is 1110 g/mol. The van der Waals surface area contributed by atoms with Gasteiger partial charge in [0.2, 0.25) is 5.91 Å². The first-order chi connectivity index (χ1) is 38.3. The minimum absolute atomic E-state index is 0.130. The van der Waals surface area contributed by atoms with E-state index in [2.05, 4.69) is 19.2 Å². The molecule has 0 aliphatic carbocycles. The summed E-state index contributed by atoms with van der Waals surface area (Å²) < 4.78 is 11.4. The molecular weight excluding hydrogens is 971 g/mol. The molecule has 0 aromatic carbocycles. The van der Waals surface area contributed by atoms with Crippen molar-refractivity contribution in [3.05, 3.63) is 0 Å². The Labute approximate surface area is 484 Å². The van der Waals surface area contributed by atoms with Crippen LogP contribution in [0, 0.1) is 0 Å². The second-order valence-corrected chi connectivity index (χ2v) is 25.0. The van der Waals surface area contributed by atoms with Gasteiger partial charge >= 0.3 is 0 Å². The molecule has 1 saturated heterocycles. The van der Waals surface area contributed by atoms with Gasteiger partial charge in [0, 0.05) is 6.42 Å². The Hall–Kier alpha value is -0.810. The molecule has 1 rings (SSSR count). The number of unbranched alkanes of at least 4 members (excludes halogenated alkanes) is 53. The smallest absolute Gasteiger partial charge is 0.220 e. The van der Waals surface area contributed by atoms with Crippen molar-refractivity contribution in [2.45, 2.75) is 423 Å². The van der Waals surface area contributed by atoms with E-state index in [1.54, 1.807) is 0 Å². The van der Waals surface area contributed by atoms with Gasteiger partial charge in [0.15, 0.2) is 6.29 Å². The van der Waals surface area contributed by atoms with Gasteiger partial charge in [-0.25, -0.2) is 0 Å². The molecule has 1 heterocycles. The van der Waals surface area contributed by atoms with Crippen LogP contribution in [-0.4, -0.2) is 87.5 Å². The highest BCUT2D eigenvalue weighted by Gasteiger charge is 2.44. The Balaban J connectivity index is 2.07. The van der Waals surface area contributed by atoms with Gasteiger partial charge < -0.3 is 40.3 Å². The third kappa shape index (κ3) is 47.7. The van der Waals surface area contributed by atoms with Crippen molar-refractivity contribution in [3.8, 4) is 0 Å². The summed E-state index contributed by atoms with van der Waals surface area (Å²) in [6.07, 6.45) is 67.5. The van der Waals surface area contributed by atoms with Crippen molar-refractivity contribution in [2.75, 3.05) is 13.2 Å². The maximum atomic E-state index is 13.1. The fourth-order valence-electron chi connectivity index (χ4n) is 11.9. The number of hydrogen-bond acceptors (Lipinski definition) is 8. The molecule has 1 fully saturated rings. The van der Waals surface area contributed by atoms with Crippen LogP contribution in [0.25, 0.3) is 0 Å². The topological polar surface area (TPSA) is 149 Å². The number of aliphatic hydroxyl groups is 5. The highest BCUT2D eigenvalue weighted by atomic mass is 16.7. The summed E-state index contributed by atoms with van der Waals surface area (Å²) in [6.45, 7) is 3.91. The Morgan fingerprint density at radius 3 is 0.910 bits per heavy atom. The van der Waals surface area contributed by atoms with Crippen LogP contribution in [-0.2, 0) is 14.3 Å². The number of rotatable bonds is 63. The Kier molecular flexibility index (Phi) is 57.2. The van der Waals surface area contributed by atoms with Gasteiger partial charge in [0.25, 0.3) is 0 Å². The van der Waals surface area contributed by atoms with E-state index in [1.165, 1.54) is 315 Å². The number of nitrogens with one attached hydrogen (secondary N) is 1. The normalized spacial score (nSPS) is 18.5. The summed E-state index contributed by atoms with van der Waals surface area (Å²) in [5.41, 5.74) is 0. The molecule has 78 heavy (non-hydrogen) atoms. The molecule has 1 aliphatic heterocycles. The van der Waals surface area contributed by atoms with E-state index >= 15 is 0 Å². The summed E-state index contributed by atoms with van der Waals surface area (Å²) >= 11 is 0. The molecule has 1 aliphatic rings. The zero-order valence-electron chi connectivity index (χ0n) is 52.2. The Morgan fingerprint density at radius 1 is 0.385 bits per heavy atom. The van der Waals surface area contributed by atoms with Crippen LogP contribution in [0.2, 0.25) is 0 Å². The van der Waals surface area contributed by atoms with Crippen molar-refractivity contribution in [1.82, 2.24) is 5.32 Å². The van der Waals surface area contributed by atoms with Crippen molar-refractivity contribution < 1.29 is 39.8 Å². The molecule has 7 atom stereocenters. The summed E-state index contributed by atoms with van der Waals surface area (Å²) in [7, 11) is 0. The van der Waals surface area contributed by atoms with E-state index in [-0.39, 0.29) is 12.5 Å². The minimum Gasteiger partial charge on any atom is -0.394 e. The second-order valence-electron chi connectivity index (χ2n) is 25.0. The molecule has 9 nitrogen and oxygen atoms in total. The molecule has 6 N–H and O–H groups in total. The van der Waals surface area contributed by atoms with E-state index in [9.17, 15) is 30.3 Å². The number of ether oxygens (including phenoxy) is 2. The predicted octanol–water partition coefficient (Wildman–Crippen LogP) is 18.9. The molecule has 466 valence electrons. The fourth-order valence-corrected chi connectivity index (χ4v) is 11.9. The fraction of sp³-hybridized carbons (Fsp3) is 0.986. The van der Waals surface area contributed by atoms with Gasteiger partial charge in [-0.2, -0.15) is 0 Å². The van der Waals surface area contributed by atoms with Crippen LogP contribution in [0.3, 0.4) is 0 Å². The summed E-state index contributed by atoms with van der Waals surface area (Å²) in [4.78, 5) is 13.1. The summed E-state index contributed by atoms with van der Waals surface area (Å²) in [6, 6.07) is -0.715. The Bertz CT molecular complexity index is 1190. The predicted molar refractivity (Wildman–Crippen MR) is 332 cm³/mol. The number of carbonyl (C=O) groups is 1. The quantitative estimate of drug-likeness (QED) is 0.0330. The molecule has 0 aromatic rings. The SMILES string of the molecule is CCCCCCCCCCCCCCCCCCCCCCCCCCCCCCCCCCCC(=O)NC(COC1OC(CO)C(O)C(O)C1O)C(O)CCCCCCCCCCCCCCCCCCCCCCCC. The molecule has 0 spiro atoms. The maximum absolute atomic E-state index is 13.1. The molecular formula is C69H137NO8. The van der Waals surface area contributed by atoms with Gasteiger partial charge in [0.1, 0.15) is 24.4 Å². The molecule has 7 unspecified atom stereocenters. The monoisotopic (exact) mass is 1110 g/mol. The first-order valence-electron chi connectivity index (χ1n) is 35.2. The molecule has 0 aromatic heterocycles. The van der Waals surface area contributed by atoms with Crippen LogP contribution in [0.5, 0.6) is 0 Å². The first kappa shape index (κ1) is 75.2. The van der Waals surface area contributed by atoms with Gasteiger partial charge in [-0.05, 0) is 12.8 Å². The lowest BCUT2D eigenvalue weighted by Gasteiger charge is -2.40. The van der Waals surface area contributed by atoms with Gasteiger partial charge in [-0.3, -0.25) is 4.79 Å². The largest absolute Gasteiger partial charge is 0.394 e. The lowest BCUT2D eigenvalue weighted by Crippen LogP contribution is -2.60. The van der Waals surface area contributed by atoms with Gasteiger partial charge in [-0.15, -0.1) is 0 Å². The number of carbonyl (C=O) groups excluding carboxylic acids is 1. The zero-order chi connectivity index (χ0) is 56.5. The third-order valence-corrected chi connectivity index (χ3v) is 17.5. The second kappa shape index (κ2) is 59.4. The third-order valence-electron chi connectivity index (χ3n) is 17.5. The molecule has 9 heteroatoms. The van der Waals surface area contributed by atoms with E-state index in [1.807, 2.05) is 0 Å². The molecule has 1 amide bonds. The minimum atomic E-state index is -1.55. The van der Waals surface area contributed by atoms with E-state index in [0.29, 0.717) is 12.8 Å². The van der Waals surface area contributed by atoms with Crippen molar-refractivity contribution in [1.29, 1.82) is 0 Å². The van der Waals surface area contributed by atoms with E-state index in [4.69, 9.17) is 9.47 Å². The molecule has 0 bridgehead atoms. The number of amides is 1. The standard InChI is InChI=1S/C69H137NO8/c1-3-5-7-9-11-13-15-17-19-21-23-25-27-28-29-30-31-32-33-34-35-36-37-39-41-43-45-47-49-51-53-55-57-59-65(73)70-62(61-77-69-68(76)67(75)66(74)64(60-71)78-69)63(72)58-56-54-52-50-48-46-44-42-40-38-26-24-22-20-18-16-14-12-10-8-6-4-2/h62-64,66-69,71-72,74-76H,3-61H2,1-2H3,(H,70,73). The van der Waals surface area contributed by atoms with Crippen molar-refractivity contribution in [3.63, 3.8) is 0 Å². The average Bonchev–Trinajstić information content (AvgIpc) is 3.45. The van der Waals surface area contributed by atoms with E-state index < -0.39 is 49.5 Å². The van der Waals surface area contributed by atoms with Crippen LogP contribution in [0.4, 0.5) is 0 Å². The lowest BCUT2D eigenvalue weighted by atomic mass is 9.99. The maximum Gasteiger partial charge on any atom is 0.220 e. The van der Waals surface area contributed by atoms with Gasteiger partial charge in [0.05, 0.1) is 25.4 Å². The highest BCUT2D eigenvalue weighted by molar-refractivity contribution is 5.76. The van der Waals surface area contributed by atoms with Crippen LogP contribution in [0.1, 0.15) is 380 Å². The lowest BCUT2D eigenvalue weighted by molar-refractivity contribution is -0.302.